The van der Waals surface area contributed by atoms with Crippen LogP contribution in [0, 0.1) is 0 Å². The first kappa shape index (κ1) is 12.4. The van der Waals surface area contributed by atoms with Crippen LogP contribution in [0.25, 0.3) is 0 Å². The van der Waals surface area contributed by atoms with Crippen molar-refractivity contribution in [2.75, 3.05) is 12.5 Å². The van der Waals surface area contributed by atoms with E-state index in [0.717, 1.165) is 0 Å². The maximum Gasteiger partial charge on any atom is 0.261 e. The molecule has 0 saturated carbocycles. The molecule has 0 fully saturated rings. The molecule has 18 heavy (non-hydrogen) atoms. The number of nitrogens with zero attached hydrogens (tertiary/aromatic N) is 2. The Bertz CT molecular complexity index is 571. The Hall–Kier alpha value is -2.08. The maximum atomic E-state index is 5.74. The van der Waals surface area contributed by atoms with Crippen LogP contribution in [0.2, 0.25) is 0 Å². The molecular weight excluding hydrogens is 258 g/mol. The molecule has 0 saturated heterocycles. The first-order chi connectivity index (χ1) is 8.22. The first-order valence-corrected chi connectivity index (χ1v) is 5.09. The zero-order valence-corrected chi connectivity index (χ0v) is 10.4. The molecule has 0 aliphatic carbocycles. The minimum atomic E-state index is 0. The zero-order valence-electron chi connectivity index (χ0n) is 9.62. The molecule has 96 valence electrons. The third-order valence-electron chi connectivity index (χ3n) is 2.38. The second-order valence-electron chi connectivity index (χ2n) is 3.68. The number of fused-ring (bicyclic) bond motifs is 1. The van der Waals surface area contributed by atoms with Crippen LogP contribution in [0.1, 0.15) is 0 Å². The molecule has 3 rings (SSSR count). The van der Waals surface area contributed by atoms with Crippen LogP contribution in [0.5, 0.6) is 23.1 Å². The molecule has 1 aliphatic rings. The molecule has 6 nitrogen and oxygen atoms in total. The molecule has 0 atom stereocenters. The predicted octanol–water partition coefficient (Wildman–Crippen LogP) is 1.95. The van der Waals surface area contributed by atoms with Crippen LogP contribution < -0.4 is 19.9 Å². The van der Waals surface area contributed by atoms with E-state index in [4.69, 9.17) is 19.9 Å². The molecule has 0 spiro atoms. The number of aromatic nitrogens is 2. The van der Waals surface area contributed by atoms with Gasteiger partial charge in [-0.2, -0.15) is 0 Å². The summed E-state index contributed by atoms with van der Waals surface area (Å²) in [6, 6.07) is 5.31. The van der Waals surface area contributed by atoms with Gasteiger partial charge in [0.2, 0.25) is 6.79 Å². The van der Waals surface area contributed by atoms with E-state index in [9.17, 15) is 0 Å². The summed E-state index contributed by atoms with van der Waals surface area (Å²) in [6.45, 7) is 0.241. The fraction of sp³-hybridized carbons (Fsp3) is 0.182. The van der Waals surface area contributed by atoms with E-state index in [0.29, 0.717) is 28.8 Å². The normalized spacial score (nSPS) is 12.1. The molecule has 0 unspecified atom stereocenters. The number of benzene rings is 1. The molecular formula is C11H12ClN3O3. The molecule has 2 aromatic rings. The highest BCUT2D eigenvalue weighted by Gasteiger charge is 2.15. The van der Waals surface area contributed by atoms with Gasteiger partial charge in [-0.3, -0.25) is 4.68 Å². The maximum absolute atomic E-state index is 5.74. The van der Waals surface area contributed by atoms with Gasteiger partial charge in [0.25, 0.3) is 5.88 Å². The van der Waals surface area contributed by atoms with E-state index in [1.165, 1.54) is 0 Å². The van der Waals surface area contributed by atoms with Crippen molar-refractivity contribution in [2.24, 2.45) is 7.05 Å². The van der Waals surface area contributed by atoms with E-state index in [2.05, 4.69) is 5.10 Å². The Morgan fingerprint density at radius 2 is 2.11 bits per heavy atom. The number of hydrogen-bond acceptors (Lipinski definition) is 5. The van der Waals surface area contributed by atoms with Gasteiger partial charge >= 0.3 is 0 Å². The minimum Gasteiger partial charge on any atom is -0.454 e. The lowest BCUT2D eigenvalue weighted by Gasteiger charge is -2.03. The van der Waals surface area contributed by atoms with E-state index in [1.54, 1.807) is 36.1 Å². The Balaban J connectivity index is 0.00000120. The van der Waals surface area contributed by atoms with Crippen LogP contribution in [0.3, 0.4) is 0 Å². The molecule has 0 amide bonds. The van der Waals surface area contributed by atoms with Crippen molar-refractivity contribution < 1.29 is 14.2 Å². The number of aryl methyl sites for hydroxylation is 1. The number of rotatable bonds is 2. The Morgan fingerprint density at radius 1 is 1.33 bits per heavy atom. The number of halogens is 1. The number of nitrogen functional groups attached to an aromatic ring is 1. The molecule has 0 bridgehead atoms. The van der Waals surface area contributed by atoms with Gasteiger partial charge in [-0.05, 0) is 12.1 Å². The summed E-state index contributed by atoms with van der Waals surface area (Å²) in [7, 11) is 1.78. The standard InChI is InChI=1S/C11H11N3O3.ClH/c1-14-5-8(12)11(13-14)17-7-2-3-9-10(4-7)16-6-15-9;/h2-5H,6,12H2,1H3;1H. The molecule has 1 aromatic heterocycles. The molecule has 1 aliphatic heterocycles. The highest BCUT2D eigenvalue weighted by atomic mass is 35.5. The third-order valence-corrected chi connectivity index (χ3v) is 2.38. The van der Waals surface area contributed by atoms with Crippen molar-refractivity contribution in [1.29, 1.82) is 0 Å². The third kappa shape index (κ3) is 2.14. The van der Waals surface area contributed by atoms with Crippen molar-refractivity contribution in [2.45, 2.75) is 0 Å². The summed E-state index contributed by atoms with van der Waals surface area (Å²) >= 11 is 0. The van der Waals surface area contributed by atoms with Gasteiger partial charge < -0.3 is 19.9 Å². The number of nitrogens with two attached hydrogens (primary N) is 1. The lowest BCUT2D eigenvalue weighted by Crippen LogP contribution is -1.93. The highest BCUT2D eigenvalue weighted by molar-refractivity contribution is 5.85. The molecule has 7 heteroatoms. The lowest BCUT2D eigenvalue weighted by molar-refractivity contribution is 0.174. The van der Waals surface area contributed by atoms with Gasteiger partial charge in [0.1, 0.15) is 11.4 Å². The SMILES string of the molecule is Cl.Cn1cc(N)c(Oc2ccc3c(c2)OCO3)n1. The molecule has 0 radical (unpaired) electrons. The van der Waals surface area contributed by atoms with Crippen molar-refractivity contribution in [1.82, 2.24) is 9.78 Å². The summed E-state index contributed by atoms with van der Waals surface area (Å²) in [5.41, 5.74) is 6.23. The second-order valence-corrected chi connectivity index (χ2v) is 3.68. The molecule has 2 N–H and O–H groups in total. The van der Waals surface area contributed by atoms with Crippen molar-refractivity contribution in [3.8, 4) is 23.1 Å². The van der Waals surface area contributed by atoms with Crippen LogP contribution in [0.15, 0.2) is 24.4 Å². The Kier molecular flexibility index (Phi) is 3.20. The smallest absolute Gasteiger partial charge is 0.261 e. The van der Waals surface area contributed by atoms with Gasteiger partial charge in [-0.15, -0.1) is 17.5 Å². The van der Waals surface area contributed by atoms with Crippen LogP contribution in [-0.4, -0.2) is 16.6 Å². The number of ether oxygens (including phenoxy) is 3. The topological polar surface area (TPSA) is 71.5 Å². The monoisotopic (exact) mass is 269 g/mol. The van der Waals surface area contributed by atoms with E-state index in [1.807, 2.05) is 0 Å². The van der Waals surface area contributed by atoms with Crippen molar-refractivity contribution in [3.63, 3.8) is 0 Å². The van der Waals surface area contributed by atoms with Crippen molar-refractivity contribution >= 4 is 18.1 Å². The van der Waals surface area contributed by atoms with E-state index in [-0.39, 0.29) is 19.2 Å². The van der Waals surface area contributed by atoms with Crippen molar-refractivity contribution in [3.05, 3.63) is 24.4 Å². The fourth-order valence-corrected chi connectivity index (χ4v) is 1.62. The largest absolute Gasteiger partial charge is 0.454 e. The summed E-state index contributed by atoms with van der Waals surface area (Å²) < 4.78 is 17.6. The quantitative estimate of drug-likeness (QED) is 0.902. The Labute approximate surface area is 110 Å². The van der Waals surface area contributed by atoms with Crippen LogP contribution in [-0.2, 0) is 7.05 Å². The van der Waals surface area contributed by atoms with Gasteiger partial charge in [0.15, 0.2) is 11.5 Å². The highest BCUT2D eigenvalue weighted by Crippen LogP contribution is 2.36. The number of anilines is 1. The first-order valence-electron chi connectivity index (χ1n) is 5.09. The average Bonchev–Trinajstić information content (AvgIpc) is 2.85. The average molecular weight is 270 g/mol. The van der Waals surface area contributed by atoms with Crippen LogP contribution >= 0.6 is 12.4 Å². The van der Waals surface area contributed by atoms with Gasteiger partial charge in [0, 0.05) is 13.1 Å². The summed E-state index contributed by atoms with van der Waals surface area (Å²) in [5, 5.41) is 4.10. The zero-order chi connectivity index (χ0) is 11.8. The van der Waals surface area contributed by atoms with E-state index < -0.39 is 0 Å². The lowest BCUT2D eigenvalue weighted by atomic mass is 10.3. The van der Waals surface area contributed by atoms with Gasteiger partial charge in [0.05, 0.1) is 6.20 Å². The predicted molar refractivity (Wildman–Crippen MR) is 67.5 cm³/mol. The second kappa shape index (κ2) is 4.66. The fourth-order valence-electron chi connectivity index (χ4n) is 1.62. The van der Waals surface area contributed by atoms with Crippen LogP contribution in [0.4, 0.5) is 5.69 Å². The summed E-state index contributed by atoms with van der Waals surface area (Å²) in [5.74, 6) is 2.37. The Morgan fingerprint density at radius 3 is 2.83 bits per heavy atom. The van der Waals surface area contributed by atoms with Gasteiger partial charge in [-0.25, -0.2) is 0 Å². The molecule has 1 aromatic carbocycles. The number of hydrogen-bond donors (Lipinski definition) is 1. The molecule has 2 heterocycles. The summed E-state index contributed by atoms with van der Waals surface area (Å²) in [6.07, 6.45) is 1.68. The minimum absolute atomic E-state index is 0. The van der Waals surface area contributed by atoms with Gasteiger partial charge in [-0.1, -0.05) is 0 Å². The van der Waals surface area contributed by atoms with E-state index >= 15 is 0 Å². The summed E-state index contributed by atoms with van der Waals surface area (Å²) in [4.78, 5) is 0.